The van der Waals surface area contributed by atoms with E-state index in [4.69, 9.17) is 24.2 Å². The van der Waals surface area contributed by atoms with E-state index in [-0.39, 0.29) is 56.2 Å². The van der Waals surface area contributed by atoms with Crippen LogP contribution in [0.3, 0.4) is 0 Å². The Morgan fingerprint density at radius 2 is 1.72 bits per heavy atom. The van der Waals surface area contributed by atoms with Gasteiger partial charge in [-0.1, -0.05) is 60.5 Å². The molecule has 2 N–H and O–H groups in total. The minimum Gasteiger partial charge on any atom is -0.493 e. The molecule has 4 aromatic carbocycles. The van der Waals surface area contributed by atoms with Gasteiger partial charge in [0.2, 0.25) is 11.7 Å². The number of halogens is 1. The molecule has 0 radical (unpaired) electrons. The van der Waals surface area contributed by atoms with Gasteiger partial charge >= 0.3 is 0 Å². The van der Waals surface area contributed by atoms with Crippen LogP contribution in [0.15, 0.2) is 137 Å². The third-order valence-corrected chi connectivity index (χ3v) is 13.9. The number of carbonyl (C=O) groups excluding carboxylic acids is 1. The van der Waals surface area contributed by atoms with E-state index in [0.29, 0.717) is 47.8 Å². The van der Waals surface area contributed by atoms with Gasteiger partial charge < -0.3 is 34.2 Å². The Hall–Kier alpha value is -5.80. The van der Waals surface area contributed by atoms with Gasteiger partial charge in [0.1, 0.15) is 29.0 Å². The first-order valence-electron chi connectivity index (χ1n) is 23.9. The molecular weight excluding hydrogens is 898 g/mol. The smallest absolute Gasteiger partial charge is 0.269 e. The summed E-state index contributed by atoms with van der Waals surface area (Å²) in [6.07, 6.45) is 11.5. The lowest BCUT2D eigenvalue weighted by molar-refractivity contribution is -0.384. The number of fused-ring (bicyclic) bond motifs is 2. The van der Waals surface area contributed by atoms with Gasteiger partial charge in [-0.15, -0.1) is 18.3 Å². The fourth-order valence-electron chi connectivity index (χ4n) is 9.86. The summed E-state index contributed by atoms with van der Waals surface area (Å²) in [5.41, 5.74) is 2.96. The monoisotopic (exact) mass is 961 g/mol. The van der Waals surface area contributed by atoms with E-state index in [1.807, 2.05) is 51.1 Å². The molecule has 6 atom stereocenters. The van der Waals surface area contributed by atoms with Gasteiger partial charge in [0, 0.05) is 66.5 Å². The molecule has 0 unspecified atom stereocenters. The Morgan fingerprint density at radius 1 is 1.00 bits per heavy atom. The number of allylic oxidation sites excluding steroid dienone is 1. The van der Waals surface area contributed by atoms with Gasteiger partial charge in [0.15, 0.2) is 0 Å². The Bertz CT molecular complexity index is 2460. The van der Waals surface area contributed by atoms with Crippen molar-refractivity contribution in [2.24, 2.45) is 22.9 Å². The molecule has 0 spiro atoms. The minimum absolute atomic E-state index is 0.00551. The van der Waals surface area contributed by atoms with Crippen molar-refractivity contribution in [1.29, 1.82) is 0 Å². The van der Waals surface area contributed by atoms with Crippen LogP contribution in [-0.2, 0) is 20.9 Å². The lowest BCUT2D eigenvalue weighted by Gasteiger charge is -2.60. The predicted octanol–water partition coefficient (Wildman–Crippen LogP) is 11.1. The number of aliphatic hydroxyl groups excluding tert-OH is 2. The van der Waals surface area contributed by atoms with Crippen LogP contribution in [0.1, 0.15) is 88.3 Å². The third kappa shape index (κ3) is 12.7. The van der Waals surface area contributed by atoms with E-state index >= 15 is 4.79 Å². The molecule has 1 amide bonds. The Kier molecular flexibility index (Phi) is 17.5. The van der Waals surface area contributed by atoms with Gasteiger partial charge in [-0.2, -0.15) is 0 Å². The highest BCUT2D eigenvalue weighted by Crippen LogP contribution is 2.62. The first kappa shape index (κ1) is 51.1. The van der Waals surface area contributed by atoms with Crippen molar-refractivity contribution in [3.63, 3.8) is 0 Å². The van der Waals surface area contributed by atoms with Gasteiger partial charge in [-0.25, -0.2) is 4.39 Å². The van der Waals surface area contributed by atoms with Crippen LogP contribution in [0.4, 0.5) is 10.1 Å². The van der Waals surface area contributed by atoms with Crippen molar-refractivity contribution in [2.45, 2.75) is 101 Å². The number of carbonyl (C=O) groups is 1. The van der Waals surface area contributed by atoms with Crippen LogP contribution in [0.25, 0.3) is 6.08 Å². The number of hydrogen-bond donors (Lipinski definition) is 2. The zero-order valence-corrected chi connectivity index (χ0v) is 40.5. The van der Waals surface area contributed by atoms with Crippen molar-refractivity contribution in [3.05, 3.63) is 160 Å². The first-order valence-corrected chi connectivity index (χ1v) is 24.9. The van der Waals surface area contributed by atoms with Crippen molar-refractivity contribution in [3.8, 4) is 11.5 Å². The van der Waals surface area contributed by atoms with Crippen LogP contribution in [-0.4, -0.2) is 81.3 Å². The van der Waals surface area contributed by atoms with Crippen LogP contribution < -0.4 is 9.47 Å². The van der Waals surface area contributed by atoms with Gasteiger partial charge in [0.25, 0.3) is 5.69 Å². The average molecular weight is 962 g/mol. The fraction of sp³-hybridized carbons (Fsp3) is 0.418. The molecule has 1 heterocycles. The number of amides is 1. The molecule has 0 bridgehead atoms. The van der Waals surface area contributed by atoms with E-state index in [2.05, 4.69) is 30.9 Å². The van der Waals surface area contributed by atoms with Crippen LogP contribution in [0, 0.1) is 33.7 Å². The highest BCUT2D eigenvalue weighted by molar-refractivity contribution is 7.99. The van der Waals surface area contributed by atoms with E-state index in [1.54, 1.807) is 53.1 Å². The Morgan fingerprint density at radius 3 is 2.41 bits per heavy atom. The standard InChI is InChI=1S/C55H64FN3O9S/c1-5-31-66-55-50(58(37-39-17-22-41(56)23-18-39)51(62)28-21-38-19-24-42(25-20-38)59(63)64)36-48(57-68-54(2,3)4)46-34-40(13-9-11-29-60)45(16-10-12-30-61)52(53(46)55)47-35-43(26-27-49(47)67-55)65-32-33-69-44-14-7-6-8-15-44/h5-8,14-15,17-28,34-35,40,45,50,52-53,60-61H,1,9-13,16,29-33,36-37H2,2-4H3/t40-,45+,50-,52+,53+,55+/m0/s1. The quantitative estimate of drug-likeness (QED) is 0.0183. The summed E-state index contributed by atoms with van der Waals surface area (Å²) in [6.45, 7) is 10.5. The maximum absolute atomic E-state index is 15.1. The molecule has 14 heteroatoms. The number of unbranched alkanes of at least 4 members (excludes halogenated alkanes) is 2. The number of non-ortho nitro benzene ring substituents is 1. The molecule has 69 heavy (non-hydrogen) atoms. The molecule has 4 aromatic rings. The maximum Gasteiger partial charge on any atom is 0.269 e. The van der Waals surface area contributed by atoms with Gasteiger partial charge in [-0.3, -0.25) is 14.9 Å². The van der Waals surface area contributed by atoms with Crippen LogP contribution in [0.5, 0.6) is 11.5 Å². The maximum atomic E-state index is 15.1. The topological polar surface area (TPSA) is 153 Å². The Balaban J connectivity index is 1.41. The molecule has 3 aliphatic rings. The molecule has 1 aliphatic heterocycles. The first-order chi connectivity index (χ1) is 33.3. The number of ether oxygens (including phenoxy) is 3. The van der Waals surface area contributed by atoms with Gasteiger partial charge in [-0.05, 0) is 136 Å². The van der Waals surface area contributed by atoms with Crippen molar-refractivity contribution < 1.29 is 43.4 Å². The average Bonchev–Trinajstić information content (AvgIpc) is 3.34. The second-order valence-corrected chi connectivity index (χ2v) is 19.9. The lowest BCUT2D eigenvalue weighted by Crippen LogP contribution is -2.70. The number of aliphatic hydroxyl groups is 2. The molecule has 0 aromatic heterocycles. The number of thioether (sulfide) groups is 1. The second-order valence-electron chi connectivity index (χ2n) is 18.8. The normalized spacial score (nSPS) is 22.3. The predicted molar refractivity (Wildman–Crippen MR) is 268 cm³/mol. The molecule has 0 saturated heterocycles. The zero-order valence-electron chi connectivity index (χ0n) is 39.7. The minimum atomic E-state index is -1.55. The number of rotatable bonds is 23. The number of benzene rings is 4. The highest BCUT2D eigenvalue weighted by Gasteiger charge is 2.65. The molecule has 366 valence electrons. The summed E-state index contributed by atoms with van der Waals surface area (Å²) < 4.78 is 35.5. The zero-order chi connectivity index (χ0) is 49.0. The molecule has 2 aliphatic carbocycles. The van der Waals surface area contributed by atoms with Crippen molar-refractivity contribution in [2.75, 3.05) is 32.2 Å². The molecule has 7 rings (SSSR count). The molecule has 12 nitrogen and oxygen atoms in total. The molecular formula is C55H64FN3O9S. The summed E-state index contributed by atoms with van der Waals surface area (Å²) in [7, 11) is 0. The van der Waals surface area contributed by atoms with Gasteiger partial charge in [0.05, 0.1) is 29.8 Å². The van der Waals surface area contributed by atoms with Crippen LogP contribution in [0.2, 0.25) is 0 Å². The SMILES string of the molecule is C=CCO[C@@]12Oc3ccc(OCCSc4ccccc4)cc3[C@H]3[C@H](CCCCO)[C@@H](CCCCO)C=C(C(=NOC(C)(C)C)C[C@@H]1N(Cc1ccc(F)cc1)C(=O)C=Cc1ccc([N+](=O)[O-])cc1)[C@H]32. The number of nitrogens with zero attached hydrogens (tertiary/aromatic N) is 3. The lowest BCUT2D eigenvalue weighted by atomic mass is 9.55. The highest BCUT2D eigenvalue weighted by atomic mass is 32.2. The van der Waals surface area contributed by atoms with Crippen molar-refractivity contribution >= 4 is 35.1 Å². The van der Waals surface area contributed by atoms with E-state index in [1.165, 1.54) is 30.3 Å². The molecule has 1 saturated carbocycles. The Labute approximate surface area is 409 Å². The molecule has 1 fully saturated rings. The summed E-state index contributed by atoms with van der Waals surface area (Å²) in [5.74, 6) is -1.19. The summed E-state index contributed by atoms with van der Waals surface area (Å²) in [6, 6.07) is 27.2. The van der Waals surface area contributed by atoms with Crippen LogP contribution >= 0.6 is 11.8 Å². The van der Waals surface area contributed by atoms with E-state index in [0.717, 1.165) is 47.5 Å². The van der Waals surface area contributed by atoms with E-state index < -0.39 is 40.0 Å². The summed E-state index contributed by atoms with van der Waals surface area (Å²) in [4.78, 5) is 35.2. The third-order valence-electron chi connectivity index (χ3n) is 12.9. The largest absolute Gasteiger partial charge is 0.493 e. The number of hydrogen-bond acceptors (Lipinski definition) is 11. The summed E-state index contributed by atoms with van der Waals surface area (Å²) >= 11 is 1.72. The number of oxime groups is 1. The number of nitro groups is 1. The summed E-state index contributed by atoms with van der Waals surface area (Å²) in [5, 5.41) is 36.4. The van der Waals surface area contributed by atoms with E-state index in [9.17, 15) is 24.7 Å². The fourth-order valence-corrected chi connectivity index (χ4v) is 10.6. The second kappa shape index (κ2) is 23.7. The number of nitro benzene ring substituents is 1. The van der Waals surface area contributed by atoms with Crippen molar-refractivity contribution in [1.82, 2.24) is 4.90 Å².